The lowest BCUT2D eigenvalue weighted by atomic mass is 10.1. The van der Waals surface area contributed by atoms with Crippen molar-refractivity contribution in [2.24, 2.45) is 0 Å². The highest BCUT2D eigenvalue weighted by molar-refractivity contribution is 6.43. The van der Waals surface area contributed by atoms with Gasteiger partial charge in [-0.1, -0.05) is 0 Å². The van der Waals surface area contributed by atoms with Gasteiger partial charge in [0.2, 0.25) is 11.6 Å². The van der Waals surface area contributed by atoms with E-state index in [0.29, 0.717) is 16.9 Å². The van der Waals surface area contributed by atoms with Gasteiger partial charge in [-0.25, -0.2) is 9.37 Å². The number of H-pyrrole nitrogens is 1. The molecule has 110 valence electrons. The second-order valence-corrected chi connectivity index (χ2v) is 4.58. The third-order valence-corrected chi connectivity index (χ3v) is 3.02. The second-order valence-electron chi connectivity index (χ2n) is 4.58. The van der Waals surface area contributed by atoms with E-state index in [1.54, 1.807) is 18.2 Å². The summed E-state index contributed by atoms with van der Waals surface area (Å²) in [6.07, 6.45) is 2.50. The average molecular weight is 299 g/mol. The van der Waals surface area contributed by atoms with Gasteiger partial charge in [0.15, 0.2) is 0 Å². The zero-order chi connectivity index (χ0) is 15.5. The highest BCUT2D eigenvalue weighted by atomic mass is 19.1. The van der Waals surface area contributed by atoms with Gasteiger partial charge >= 0.3 is 0 Å². The van der Waals surface area contributed by atoms with Gasteiger partial charge in [0.05, 0.1) is 6.26 Å². The highest BCUT2D eigenvalue weighted by Crippen LogP contribution is 2.22. The lowest BCUT2D eigenvalue weighted by Gasteiger charge is -1.95. The Morgan fingerprint density at radius 2 is 2.00 bits per heavy atom. The molecule has 0 atom stereocenters. The Balaban J connectivity index is 1.73. The minimum Gasteiger partial charge on any atom is -0.464 e. The number of rotatable bonds is 5. The molecule has 7 heteroatoms. The Bertz CT molecular complexity index is 807. The normalized spacial score (nSPS) is 10.6. The highest BCUT2D eigenvalue weighted by Gasteiger charge is 2.20. The maximum Gasteiger partial charge on any atom is 0.267 e. The molecule has 0 amide bonds. The molecule has 3 rings (SSSR count). The van der Waals surface area contributed by atoms with Crippen molar-refractivity contribution in [3.63, 3.8) is 0 Å². The Kier molecular flexibility index (Phi) is 3.61. The number of hydrogen-bond acceptors (Lipinski definition) is 5. The van der Waals surface area contributed by atoms with E-state index in [0.717, 1.165) is 0 Å². The first kappa shape index (κ1) is 13.9. The number of aromatic nitrogens is 3. The van der Waals surface area contributed by atoms with Crippen molar-refractivity contribution in [3.8, 4) is 11.3 Å². The van der Waals surface area contributed by atoms with Crippen molar-refractivity contribution in [2.75, 3.05) is 0 Å². The van der Waals surface area contributed by atoms with Gasteiger partial charge in [0, 0.05) is 12.0 Å². The zero-order valence-electron chi connectivity index (χ0n) is 11.2. The molecule has 0 spiro atoms. The Hall–Kier alpha value is -3.09. The van der Waals surface area contributed by atoms with Crippen LogP contribution in [0.15, 0.2) is 47.3 Å². The Morgan fingerprint density at radius 1 is 1.23 bits per heavy atom. The minimum atomic E-state index is -0.759. The number of furan rings is 1. The molecule has 0 aliphatic carbocycles. The minimum absolute atomic E-state index is 0.113. The molecule has 0 aliphatic rings. The van der Waals surface area contributed by atoms with Crippen molar-refractivity contribution in [3.05, 3.63) is 60.1 Å². The van der Waals surface area contributed by atoms with Crippen molar-refractivity contribution in [1.29, 1.82) is 0 Å². The number of benzene rings is 1. The largest absolute Gasteiger partial charge is 0.464 e. The Labute approximate surface area is 124 Å². The van der Waals surface area contributed by atoms with E-state index in [9.17, 15) is 14.0 Å². The molecule has 6 nitrogen and oxygen atoms in total. The van der Waals surface area contributed by atoms with E-state index >= 15 is 0 Å². The maximum atomic E-state index is 12.9. The fourth-order valence-electron chi connectivity index (χ4n) is 1.94. The van der Waals surface area contributed by atoms with Crippen LogP contribution < -0.4 is 0 Å². The molecular formula is C15H10FN3O3. The molecule has 1 aromatic carbocycles. The van der Waals surface area contributed by atoms with Crippen LogP contribution >= 0.6 is 0 Å². The molecule has 0 unspecified atom stereocenters. The molecule has 22 heavy (non-hydrogen) atoms. The van der Waals surface area contributed by atoms with Crippen LogP contribution in [0.3, 0.4) is 0 Å². The Morgan fingerprint density at radius 3 is 2.68 bits per heavy atom. The van der Waals surface area contributed by atoms with E-state index in [2.05, 4.69) is 15.2 Å². The van der Waals surface area contributed by atoms with Gasteiger partial charge in [0.25, 0.3) is 5.78 Å². The van der Waals surface area contributed by atoms with E-state index in [4.69, 9.17) is 4.42 Å². The molecular weight excluding hydrogens is 289 g/mol. The van der Waals surface area contributed by atoms with Crippen LogP contribution in [0.25, 0.3) is 11.3 Å². The first-order valence-electron chi connectivity index (χ1n) is 6.40. The van der Waals surface area contributed by atoms with Crippen LogP contribution in [-0.2, 0) is 11.2 Å². The fourth-order valence-corrected chi connectivity index (χ4v) is 1.94. The summed E-state index contributed by atoms with van der Waals surface area (Å²) in [5.41, 5.74) is 1.23. The lowest BCUT2D eigenvalue weighted by Crippen LogP contribution is -2.17. The second kappa shape index (κ2) is 5.72. The molecule has 0 radical (unpaired) electrons. The van der Waals surface area contributed by atoms with Crippen molar-refractivity contribution < 1.29 is 18.4 Å². The summed E-state index contributed by atoms with van der Waals surface area (Å²) >= 11 is 0. The van der Waals surface area contributed by atoms with Crippen LogP contribution in [0.1, 0.15) is 16.2 Å². The van der Waals surface area contributed by atoms with E-state index in [-0.39, 0.29) is 18.1 Å². The number of nitrogens with zero attached hydrogens (tertiary/aromatic N) is 2. The van der Waals surface area contributed by atoms with E-state index in [1.165, 1.54) is 24.7 Å². The van der Waals surface area contributed by atoms with E-state index < -0.39 is 11.6 Å². The number of aromatic amines is 1. The van der Waals surface area contributed by atoms with Crippen molar-refractivity contribution in [2.45, 2.75) is 6.42 Å². The van der Waals surface area contributed by atoms with Crippen LogP contribution in [0.4, 0.5) is 4.39 Å². The number of carbonyl (C=O) groups is 2. The molecule has 0 fully saturated rings. The van der Waals surface area contributed by atoms with Gasteiger partial charge in [-0.3, -0.25) is 14.7 Å². The third kappa shape index (κ3) is 2.83. The third-order valence-electron chi connectivity index (χ3n) is 3.02. The zero-order valence-corrected chi connectivity index (χ0v) is 11.2. The molecule has 2 aromatic heterocycles. The quantitative estimate of drug-likeness (QED) is 0.576. The average Bonchev–Trinajstić information content (AvgIpc) is 3.18. The number of nitrogens with one attached hydrogen (secondary N) is 1. The SMILES string of the molecule is O=C(Cc1coc(-c2ccc(F)cc2)c1)C(=O)c1nc[nH]n1. The molecule has 0 saturated heterocycles. The van der Waals surface area contributed by atoms with Crippen LogP contribution in [-0.4, -0.2) is 26.7 Å². The predicted octanol–water partition coefficient (Wildman–Crippen LogP) is 2.20. The molecule has 0 bridgehead atoms. The monoisotopic (exact) mass is 299 g/mol. The predicted molar refractivity (Wildman–Crippen MR) is 73.5 cm³/mol. The van der Waals surface area contributed by atoms with Crippen LogP contribution in [0.5, 0.6) is 0 Å². The number of Topliss-reactive ketones (excluding diaryl/α,β-unsaturated/α-hetero) is 2. The summed E-state index contributed by atoms with van der Waals surface area (Å²) in [4.78, 5) is 27.3. The molecule has 0 saturated carbocycles. The van der Waals surface area contributed by atoms with Crippen LogP contribution in [0, 0.1) is 5.82 Å². The lowest BCUT2D eigenvalue weighted by molar-refractivity contribution is -0.114. The van der Waals surface area contributed by atoms with Gasteiger partial charge in [-0.15, -0.1) is 5.10 Å². The first-order chi connectivity index (χ1) is 10.6. The summed E-state index contributed by atoms with van der Waals surface area (Å²) in [5, 5.41) is 5.95. The van der Waals surface area contributed by atoms with E-state index in [1.807, 2.05) is 0 Å². The number of hydrogen-bond donors (Lipinski definition) is 1. The summed E-state index contributed by atoms with van der Waals surface area (Å²) in [7, 11) is 0. The number of ketones is 2. The summed E-state index contributed by atoms with van der Waals surface area (Å²) in [6.45, 7) is 0. The molecule has 2 heterocycles. The van der Waals surface area contributed by atoms with Gasteiger partial charge in [-0.2, -0.15) is 0 Å². The first-order valence-corrected chi connectivity index (χ1v) is 6.40. The summed E-state index contributed by atoms with van der Waals surface area (Å²) < 4.78 is 18.2. The van der Waals surface area contributed by atoms with Crippen LogP contribution in [0.2, 0.25) is 0 Å². The van der Waals surface area contributed by atoms with Crippen molar-refractivity contribution in [1.82, 2.24) is 15.2 Å². The number of carbonyl (C=O) groups excluding carboxylic acids is 2. The van der Waals surface area contributed by atoms with Gasteiger partial charge in [-0.05, 0) is 35.9 Å². The fraction of sp³-hybridized carbons (Fsp3) is 0.0667. The van der Waals surface area contributed by atoms with Gasteiger partial charge < -0.3 is 4.42 Å². The number of halogens is 1. The molecule has 3 aromatic rings. The van der Waals surface area contributed by atoms with Crippen molar-refractivity contribution >= 4 is 11.6 Å². The van der Waals surface area contributed by atoms with Gasteiger partial charge in [0.1, 0.15) is 17.9 Å². The topological polar surface area (TPSA) is 88.9 Å². The molecule has 1 N–H and O–H groups in total. The smallest absolute Gasteiger partial charge is 0.267 e. The molecule has 0 aliphatic heterocycles. The summed E-state index contributed by atoms with van der Waals surface area (Å²) in [6, 6.07) is 7.40. The maximum absolute atomic E-state index is 12.9. The summed E-state index contributed by atoms with van der Waals surface area (Å²) in [5.74, 6) is -1.40. The standard InChI is InChI=1S/C15H10FN3O3/c16-11-3-1-10(2-4-11)13-6-9(7-22-13)5-12(20)14(21)15-17-8-18-19-15/h1-4,6-8H,5H2,(H,17,18,19).